The molecule has 0 radical (unpaired) electrons. The molecular weight excluding hydrogens is 519 g/mol. The fourth-order valence-corrected chi connectivity index (χ4v) is 5.93. The Balaban J connectivity index is 1.32. The summed E-state index contributed by atoms with van der Waals surface area (Å²) >= 11 is 0. The third-order valence-electron chi connectivity index (χ3n) is 8.20. The van der Waals surface area contributed by atoms with E-state index in [-0.39, 0.29) is 29.9 Å². The van der Waals surface area contributed by atoms with E-state index in [4.69, 9.17) is 9.47 Å². The maximum Gasteiger partial charge on any atom is 0.416 e. The van der Waals surface area contributed by atoms with Gasteiger partial charge in [-0.05, 0) is 68.0 Å². The van der Waals surface area contributed by atoms with Crippen molar-refractivity contribution in [1.82, 2.24) is 9.13 Å². The average molecular weight is 552 g/mol. The normalized spacial score (nSPS) is 16.8. The van der Waals surface area contributed by atoms with Gasteiger partial charge in [-0.25, -0.2) is 4.79 Å². The van der Waals surface area contributed by atoms with Crippen molar-refractivity contribution in [2.75, 3.05) is 25.1 Å². The number of nitrogens with zero attached hydrogens (tertiary/aromatic N) is 3. The molecule has 0 amide bonds. The third kappa shape index (κ3) is 4.82. The molecule has 0 atom stereocenters. The number of benzene rings is 3. The molecule has 0 unspecified atom stereocenters. The van der Waals surface area contributed by atoms with Gasteiger partial charge in [-0.1, -0.05) is 36.4 Å². The van der Waals surface area contributed by atoms with E-state index in [2.05, 4.69) is 11.0 Å². The molecule has 1 aliphatic carbocycles. The van der Waals surface area contributed by atoms with E-state index < -0.39 is 11.7 Å². The number of hydrogen-bond donors (Lipinski definition) is 0. The maximum absolute atomic E-state index is 13.9. The molecule has 0 spiro atoms. The Morgan fingerprint density at radius 1 is 0.875 bits per heavy atom. The summed E-state index contributed by atoms with van der Waals surface area (Å²) in [5.74, 6) is 1.35. The van der Waals surface area contributed by atoms with Crippen LogP contribution in [0.2, 0.25) is 0 Å². The van der Waals surface area contributed by atoms with Crippen molar-refractivity contribution in [2.24, 2.45) is 0 Å². The molecule has 1 aromatic heterocycles. The molecule has 210 valence electrons. The largest absolute Gasteiger partial charge is 0.494 e. The molecule has 0 bridgehead atoms. The molecule has 3 aromatic carbocycles. The third-order valence-corrected chi connectivity index (χ3v) is 8.20. The first-order valence-corrected chi connectivity index (χ1v) is 13.8. The first kappa shape index (κ1) is 26.3. The quantitative estimate of drug-likeness (QED) is 0.258. The van der Waals surface area contributed by atoms with Crippen LogP contribution < -0.4 is 20.1 Å². The SMILES string of the molecule is COc1cccc2c1n(Cc1ccccc1C(F)(F)F)c(=O)n2C1CCN(c2ccccc2OC2CCC2)CC1. The number of methoxy groups -OCH3 is 1. The number of hydrogen-bond acceptors (Lipinski definition) is 4. The highest BCUT2D eigenvalue weighted by molar-refractivity contribution is 5.83. The van der Waals surface area contributed by atoms with Crippen molar-refractivity contribution in [2.45, 2.75) is 57.0 Å². The molecule has 40 heavy (non-hydrogen) atoms. The van der Waals surface area contributed by atoms with Gasteiger partial charge in [0.05, 0.1) is 36.5 Å². The monoisotopic (exact) mass is 551 g/mol. The first-order valence-electron chi connectivity index (χ1n) is 13.8. The van der Waals surface area contributed by atoms with Crippen LogP contribution in [-0.2, 0) is 12.7 Å². The van der Waals surface area contributed by atoms with Crippen molar-refractivity contribution in [3.63, 3.8) is 0 Å². The van der Waals surface area contributed by atoms with Gasteiger partial charge < -0.3 is 14.4 Å². The minimum absolute atomic E-state index is 0.0416. The van der Waals surface area contributed by atoms with Crippen LogP contribution in [0.1, 0.15) is 49.3 Å². The topological polar surface area (TPSA) is 48.6 Å². The highest BCUT2D eigenvalue weighted by Gasteiger charge is 2.34. The van der Waals surface area contributed by atoms with Gasteiger partial charge in [0, 0.05) is 19.1 Å². The summed E-state index contributed by atoms with van der Waals surface area (Å²) in [4.78, 5) is 16.2. The lowest BCUT2D eigenvalue weighted by atomic mass is 9.96. The second-order valence-corrected chi connectivity index (χ2v) is 10.6. The molecular formula is C31H32F3N3O3. The summed E-state index contributed by atoms with van der Waals surface area (Å²) < 4.78 is 56.3. The summed E-state index contributed by atoms with van der Waals surface area (Å²) in [7, 11) is 1.51. The van der Waals surface area contributed by atoms with Crippen molar-refractivity contribution >= 4 is 16.7 Å². The molecule has 1 saturated heterocycles. The number of fused-ring (bicyclic) bond motifs is 1. The van der Waals surface area contributed by atoms with E-state index in [1.54, 1.807) is 16.7 Å². The molecule has 2 heterocycles. The zero-order chi connectivity index (χ0) is 27.9. The minimum atomic E-state index is -4.52. The Labute approximate surface area is 230 Å². The van der Waals surface area contributed by atoms with Gasteiger partial charge in [-0.3, -0.25) is 9.13 Å². The molecule has 4 aromatic rings. The second kappa shape index (κ2) is 10.6. The molecule has 2 fully saturated rings. The van der Waals surface area contributed by atoms with Crippen LogP contribution in [0.3, 0.4) is 0 Å². The zero-order valence-electron chi connectivity index (χ0n) is 22.4. The number of imidazole rings is 1. The van der Waals surface area contributed by atoms with E-state index in [9.17, 15) is 18.0 Å². The van der Waals surface area contributed by atoms with Gasteiger partial charge in [0.15, 0.2) is 0 Å². The van der Waals surface area contributed by atoms with Gasteiger partial charge in [-0.2, -0.15) is 13.2 Å². The molecule has 1 saturated carbocycles. The van der Waals surface area contributed by atoms with E-state index >= 15 is 0 Å². The zero-order valence-corrected chi connectivity index (χ0v) is 22.4. The molecule has 6 rings (SSSR count). The summed E-state index contributed by atoms with van der Waals surface area (Å²) in [5, 5.41) is 0. The summed E-state index contributed by atoms with van der Waals surface area (Å²) in [6, 6.07) is 18.8. The highest BCUT2D eigenvalue weighted by Crippen LogP contribution is 2.37. The molecule has 6 nitrogen and oxygen atoms in total. The van der Waals surface area contributed by atoms with Crippen LogP contribution in [0.4, 0.5) is 18.9 Å². The van der Waals surface area contributed by atoms with E-state index in [1.807, 2.05) is 30.3 Å². The van der Waals surface area contributed by atoms with Crippen LogP contribution in [0.5, 0.6) is 11.5 Å². The number of alkyl halides is 3. The van der Waals surface area contributed by atoms with Crippen molar-refractivity contribution in [3.8, 4) is 11.5 Å². The van der Waals surface area contributed by atoms with Crippen LogP contribution in [0.25, 0.3) is 11.0 Å². The van der Waals surface area contributed by atoms with Crippen LogP contribution in [0, 0.1) is 0 Å². The summed E-state index contributed by atoms with van der Waals surface area (Å²) in [5.41, 5.74) is 1.21. The van der Waals surface area contributed by atoms with Gasteiger partial charge in [0.25, 0.3) is 0 Å². The highest BCUT2D eigenvalue weighted by atomic mass is 19.4. The fourth-order valence-electron chi connectivity index (χ4n) is 5.93. The van der Waals surface area contributed by atoms with Crippen molar-refractivity contribution in [1.29, 1.82) is 0 Å². The van der Waals surface area contributed by atoms with Gasteiger partial charge in [0.1, 0.15) is 17.0 Å². The standard InChI is InChI=1S/C31H32F3N3O3/c1-39-28-15-7-13-26-29(28)36(20-21-8-2-3-11-24(21)31(32,33)34)30(38)37(26)22-16-18-35(19-17-22)25-12-4-5-14-27(25)40-23-9-6-10-23/h2-5,7-8,11-15,22-23H,6,9-10,16-20H2,1H3. The Hall–Kier alpha value is -3.88. The van der Waals surface area contributed by atoms with Crippen molar-refractivity contribution < 1.29 is 22.6 Å². The lowest BCUT2D eigenvalue weighted by molar-refractivity contribution is -0.138. The van der Waals surface area contributed by atoms with Crippen molar-refractivity contribution in [3.05, 3.63) is 88.3 Å². The maximum atomic E-state index is 13.9. The van der Waals surface area contributed by atoms with Crippen LogP contribution >= 0.6 is 0 Å². The molecule has 2 aliphatic rings. The predicted molar refractivity (Wildman–Crippen MR) is 148 cm³/mol. The summed E-state index contributed by atoms with van der Waals surface area (Å²) in [6.45, 7) is 1.26. The molecule has 9 heteroatoms. The average Bonchev–Trinajstić information content (AvgIpc) is 3.22. The van der Waals surface area contributed by atoms with Gasteiger partial charge in [-0.15, -0.1) is 0 Å². The van der Waals surface area contributed by atoms with Gasteiger partial charge >= 0.3 is 11.9 Å². The number of halogens is 3. The van der Waals surface area contributed by atoms with E-state index in [0.29, 0.717) is 29.6 Å². The van der Waals surface area contributed by atoms with Crippen LogP contribution in [-0.4, -0.2) is 35.4 Å². The van der Waals surface area contributed by atoms with Crippen LogP contribution in [0.15, 0.2) is 71.5 Å². The van der Waals surface area contributed by atoms with E-state index in [0.717, 1.165) is 43.4 Å². The Morgan fingerprint density at radius 2 is 1.57 bits per heavy atom. The Bertz CT molecular complexity index is 1560. The Morgan fingerprint density at radius 3 is 2.27 bits per heavy atom. The number of piperidine rings is 1. The second-order valence-electron chi connectivity index (χ2n) is 10.6. The van der Waals surface area contributed by atoms with E-state index in [1.165, 1.54) is 30.2 Å². The summed E-state index contributed by atoms with van der Waals surface area (Å²) in [6.07, 6.45) is 0.558. The number of aromatic nitrogens is 2. The first-order chi connectivity index (χ1) is 19.3. The molecule has 1 aliphatic heterocycles. The lowest BCUT2D eigenvalue weighted by Gasteiger charge is -2.36. The number of rotatable bonds is 7. The fraction of sp³-hybridized carbons (Fsp3) is 0.387. The predicted octanol–water partition coefficient (Wildman–Crippen LogP) is 6.65. The lowest BCUT2D eigenvalue weighted by Crippen LogP contribution is -2.38. The Kier molecular flexibility index (Phi) is 6.98. The number of ether oxygens (including phenoxy) is 2. The smallest absolute Gasteiger partial charge is 0.416 e. The van der Waals surface area contributed by atoms with Gasteiger partial charge in [0.2, 0.25) is 0 Å². The number of anilines is 1. The minimum Gasteiger partial charge on any atom is -0.494 e. The number of para-hydroxylation sites is 3. The molecule has 0 N–H and O–H groups in total.